The molecule has 32 heavy (non-hydrogen) atoms. The first kappa shape index (κ1) is 27.3. The summed E-state index contributed by atoms with van der Waals surface area (Å²) in [5.74, 6) is 0. The normalized spacial score (nSPS) is 15.2. The summed E-state index contributed by atoms with van der Waals surface area (Å²) >= 11 is 9.53. The molecule has 4 nitrogen and oxygen atoms in total. The number of hydrogen-bond donors (Lipinski definition) is 2. The summed E-state index contributed by atoms with van der Waals surface area (Å²) in [5, 5.41) is 0. The quantitative estimate of drug-likeness (QED) is 0.303. The van der Waals surface area contributed by atoms with E-state index in [1.807, 2.05) is 38.1 Å². The van der Waals surface area contributed by atoms with Gasteiger partial charge in [-0.1, -0.05) is 73.9 Å². The lowest BCUT2D eigenvalue weighted by molar-refractivity contribution is 0.553. The molecular formula is C24H34O4S4. The summed E-state index contributed by atoms with van der Waals surface area (Å²) in [4.78, 5) is 0.783. The summed E-state index contributed by atoms with van der Waals surface area (Å²) in [6, 6.07) is 11.0. The molecule has 0 aliphatic rings. The van der Waals surface area contributed by atoms with Gasteiger partial charge in [-0.25, -0.2) is 8.42 Å². The van der Waals surface area contributed by atoms with Crippen molar-refractivity contribution in [3.8, 4) is 0 Å². The van der Waals surface area contributed by atoms with E-state index >= 15 is 0 Å². The molecule has 0 amide bonds. The summed E-state index contributed by atoms with van der Waals surface area (Å²) in [5.41, 5.74) is 3.95. The predicted octanol–water partition coefficient (Wildman–Crippen LogP) is 6.37. The molecule has 0 spiro atoms. The Bertz CT molecular complexity index is 1020. The largest absolute Gasteiger partial charge is 0.302 e. The van der Waals surface area contributed by atoms with Crippen LogP contribution in [0.3, 0.4) is 0 Å². The molecule has 2 N–H and O–H groups in total. The van der Waals surface area contributed by atoms with Gasteiger partial charge in [-0.05, 0) is 62.8 Å². The molecule has 0 fully saturated rings. The van der Waals surface area contributed by atoms with Gasteiger partial charge in [0.2, 0.25) is 0 Å². The highest BCUT2D eigenvalue weighted by atomic mass is 32.8. The van der Waals surface area contributed by atoms with Gasteiger partial charge in [-0.15, -0.1) is 0 Å². The molecule has 0 saturated carbocycles. The topological polar surface area (TPSA) is 74.6 Å². The maximum Gasteiger partial charge on any atom is 0.171 e. The predicted molar refractivity (Wildman–Crippen MR) is 140 cm³/mol. The molecular weight excluding hydrogens is 481 g/mol. The van der Waals surface area contributed by atoms with Crippen molar-refractivity contribution in [2.24, 2.45) is 0 Å². The van der Waals surface area contributed by atoms with Crippen LogP contribution in [0.2, 0.25) is 0 Å². The Balaban J connectivity index is 1.65. The Morgan fingerprint density at radius 2 is 0.938 bits per heavy atom. The second kappa shape index (κ2) is 12.5. The average Bonchev–Trinajstić information content (AvgIpc) is 2.67. The molecule has 0 heterocycles. The minimum atomic E-state index is -3.35. The first-order valence-corrected chi connectivity index (χ1v) is 16.0. The van der Waals surface area contributed by atoms with Crippen LogP contribution in [0.4, 0.5) is 0 Å². The zero-order chi connectivity index (χ0) is 23.8. The fourth-order valence-electron chi connectivity index (χ4n) is 4.00. The molecule has 0 saturated heterocycles. The first-order chi connectivity index (χ1) is 15.0. The number of hydrogen-bond acceptors (Lipinski definition) is 4. The van der Waals surface area contributed by atoms with E-state index in [4.69, 9.17) is 22.4 Å². The lowest BCUT2D eigenvalue weighted by Gasteiger charge is -2.10. The van der Waals surface area contributed by atoms with Gasteiger partial charge in [0, 0.05) is 22.4 Å². The van der Waals surface area contributed by atoms with Gasteiger partial charge in [0.25, 0.3) is 0 Å². The summed E-state index contributed by atoms with van der Waals surface area (Å²) in [6.07, 6.45) is 10.3. The van der Waals surface area contributed by atoms with Gasteiger partial charge in [0.1, 0.15) is 0 Å². The first-order valence-electron chi connectivity index (χ1n) is 11.1. The Morgan fingerprint density at radius 1 is 0.625 bits per heavy atom. The summed E-state index contributed by atoms with van der Waals surface area (Å²) in [7, 11) is -6.69. The zero-order valence-electron chi connectivity index (χ0n) is 18.9. The van der Waals surface area contributed by atoms with Crippen LogP contribution >= 0.6 is 0 Å². The number of unbranched alkanes of at least 4 members (excludes halogenated alkanes) is 7. The van der Waals surface area contributed by atoms with Gasteiger partial charge in [0.05, 0.1) is 9.79 Å². The third-order valence-corrected chi connectivity index (χ3v) is 8.62. The van der Waals surface area contributed by atoms with Crippen molar-refractivity contribution >= 4 is 39.9 Å². The lowest BCUT2D eigenvalue weighted by atomic mass is 10.0. The Labute approximate surface area is 203 Å². The van der Waals surface area contributed by atoms with Crippen LogP contribution in [0.25, 0.3) is 0 Å². The van der Waals surface area contributed by atoms with Crippen LogP contribution in [-0.4, -0.2) is 17.5 Å². The molecule has 178 valence electrons. The molecule has 2 aromatic carbocycles. The molecule has 0 bridgehead atoms. The number of aryl methyl sites for hydroxylation is 4. The smallest absolute Gasteiger partial charge is 0.171 e. The van der Waals surface area contributed by atoms with Crippen molar-refractivity contribution in [2.45, 2.75) is 87.8 Å². The molecule has 0 aromatic heterocycles. The van der Waals surface area contributed by atoms with Crippen LogP contribution in [0, 0.1) is 13.8 Å². The molecule has 0 aliphatic heterocycles. The molecule has 2 unspecified atom stereocenters. The molecule has 2 rings (SSSR count). The maximum absolute atomic E-state index is 11.9. The van der Waals surface area contributed by atoms with E-state index in [1.54, 1.807) is 12.1 Å². The van der Waals surface area contributed by atoms with Crippen LogP contribution in [0.15, 0.2) is 46.2 Å². The highest BCUT2D eigenvalue weighted by Gasteiger charge is 2.13. The standard InChI is InChI=1S/C24H34O4S4/c1-19-13-15-23(31(25,26)29)21(17-19)11-9-7-5-3-4-6-8-10-12-22-18-20(2)14-16-24(22)32(27,28)30/h13-18H,3-12H2,1-2H3,(H,25,26,29)(H,27,28,30). The highest BCUT2D eigenvalue weighted by molar-refractivity contribution is 8.30. The fraction of sp³-hybridized carbons (Fsp3) is 0.500. The average molecular weight is 515 g/mol. The zero-order valence-corrected chi connectivity index (χ0v) is 22.1. The molecule has 2 aromatic rings. The van der Waals surface area contributed by atoms with Crippen LogP contribution in [0.5, 0.6) is 0 Å². The molecule has 0 radical (unpaired) electrons. The van der Waals surface area contributed by atoms with Gasteiger partial charge >= 0.3 is 0 Å². The van der Waals surface area contributed by atoms with Gasteiger partial charge in [-0.2, -0.15) is 0 Å². The van der Waals surface area contributed by atoms with Crippen molar-refractivity contribution in [3.05, 3.63) is 58.7 Å². The third-order valence-electron chi connectivity index (χ3n) is 5.63. The highest BCUT2D eigenvalue weighted by Crippen LogP contribution is 2.22. The number of rotatable bonds is 13. The van der Waals surface area contributed by atoms with Crippen molar-refractivity contribution < 1.29 is 17.5 Å². The molecule has 2 atom stereocenters. The number of benzene rings is 2. The fourth-order valence-corrected chi connectivity index (χ4v) is 6.44. The molecule has 0 aliphatic carbocycles. The van der Waals surface area contributed by atoms with Crippen LogP contribution < -0.4 is 0 Å². The van der Waals surface area contributed by atoms with Gasteiger partial charge in [-0.3, -0.25) is 0 Å². The Hall–Kier alpha value is -0.900. The minimum absolute atomic E-state index is 0.392. The van der Waals surface area contributed by atoms with Crippen molar-refractivity contribution in [3.63, 3.8) is 0 Å². The summed E-state index contributed by atoms with van der Waals surface area (Å²) < 4.78 is 43.3. The van der Waals surface area contributed by atoms with Crippen LogP contribution in [0.1, 0.15) is 73.6 Å². The van der Waals surface area contributed by atoms with Crippen molar-refractivity contribution in [1.82, 2.24) is 0 Å². The van der Waals surface area contributed by atoms with E-state index in [0.717, 1.165) is 73.6 Å². The Kier molecular flexibility index (Phi) is 10.7. The van der Waals surface area contributed by atoms with Gasteiger partial charge in [0.15, 0.2) is 17.5 Å². The second-order valence-electron chi connectivity index (χ2n) is 8.50. The van der Waals surface area contributed by atoms with E-state index in [1.165, 1.54) is 12.8 Å². The summed E-state index contributed by atoms with van der Waals surface area (Å²) in [6.45, 7) is 3.96. The van der Waals surface area contributed by atoms with E-state index in [2.05, 4.69) is 0 Å². The maximum atomic E-state index is 11.9. The SMILES string of the molecule is Cc1ccc(S(=O)(O)=S)c(CCCCCCCCCCc2cc(C)ccc2S(=O)(O)=S)c1. The third kappa shape index (κ3) is 9.15. The van der Waals surface area contributed by atoms with Crippen molar-refractivity contribution in [1.29, 1.82) is 0 Å². The van der Waals surface area contributed by atoms with E-state index in [9.17, 15) is 17.5 Å². The van der Waals surface area contributed by atoms with Crippen LogP contribution in [-0.2, 0) is 52.8 Å². The van der Waals surface area contributed by atoms with Crippen molar-refractivity contribution in [2.75, 3.05) is 0 Å². The van der Waals surface area contributed by atoms with Gasteiger partial charge < -0.3 is 9.11 Å². The minimum Gasteiger partial charge on any atom is -0.302 e. The molecule has 8 heteroatoms. The lowest BCUT2D eigenvalue weighted by Crippen LogP contribution is -2.02. The van der Waals surface area contributed by atoms with E-state index < -0.39 is 17.5 Å². The Morgan fingerprint density at radius 3 is 1.25 bits per heavy atom. The van der Waals surface area contributed by atoms with E-state index in [0.29, 0.717) is 9.79 Å². The monoisotopic (exact) mass is 514 g/mol. The van der Waals surface area contributed by atoms with E-state index in [-0.39, 0.29) is 0 Å². The second-order valence-corrected chi connectivity index (χ2v) is 14.0.